The fraction of sp³-hybridized carbons (Fsp3) is 0.364. The van der Waals surface area contributed by atoms with Crippen molar-refractivity contribution in [1.29, 1.82) is 0 Å². The Hall–Kier alpha value is -2.14. The number of ether oxygens (including phenoxy) is 4. The second-order valence-corrected chi connectivity index (χ2v) is 6.38. The second kappa shape index (κ2) is 9.53. The van der Waals surface area contributed by atoms with Gasteiger partial charge in [-0.1, -0.05) is 60.7 Å². The minimum absolute atomic E-state index is 0.0975. The third kappa shape index (κ3) is 5.18. The fourth-order valence-electron chi connectivity index (χ4n) is 3.00. The van der Waals surface area contributed by atoms with Gasteiger partial charge in [0.05, 0.1) is 25.1 Å². The fourth-order valence-corrected chi connectivity index (χ4v) is 3.00. The lowest BCUT2D eigenvalue weighted by molar-refractivity contribution is -0.186. The zero-order valence-corrected chi connectivity index (χ0v) is 15.3. The van der Waals surface area contributed by atoms with Crippen LogP contribution < -0.4 is 0 Å². The van der Waals surface area contributed by atoms with Crippen LogP contribution in [0, 0.1) is 0 Å². The van der Waals surface area contributed by atoms with Gasteiger partial charge in [-0.2, -0.15) is 0 Å². The Morgan fingerprint density at radius 2 is 1.58 bits per heavy atom. The van der Waals surface area contributed by atoms with Crippen molar-refractivity contribution in [3.63, 3.8) is 0 Å². The van der Waals surface area contributed by atoms with Crippen molar-refractivity contribution >= 4 is 0 Å². The van der Waals surface area contributed by atoms with Crippen LogP contribution in [0.15, 0.2) is 72.5 Å². The predicted molar refractivity (Wildman–Crippen MR) is 100 cm³/mol. The topological polar surface area (TPSA) is 36.9 Å². The summed E-state index contributed by atoms with van der Waals surface area (Å²) >= 11 is 0. The number of hydrogen-bond acceptors (Lipinski definition) is 4. The molecule has 1 unspecified atom stereocenters. The van der Waals surface area contributed by atoms with Crippen LogP contribution in [0.3, 0.4) is 0 Å². The van der Waals surface area contributed by atoms with Crippen LogP contribution in [-0.2, 0) is 32.2 Å². The van der Waals surface area contributed by atoms with Crippen molar-refractivity contribution in [1.82, 2.24) is 0 Å². The third-order valence-electron chi connectivity index (χ3n) is 4.47. The highest BCUT2D eigenvalue weighted by Crippen LogP contribution is 2.28. The van der Waals surface area contributed by atoms with Gasteiger partial charge in [0, 0.05) is 19.1 Å². The van der Waals surface area contributed by atoms with Gasteiger partial charge in [0.15, 0.2) is 6.29 Å². The highest BCUT2D eigenvalue weighted by molar-refractivity contribution is 5.17. The van der Waals surface area contributed by atoms with E-state index in [0.717, 1.165) is 16.7 Å². The first-order chi connectivity index (χ1) is 12.8. The van der Waals surface area contributed by atoms with E-state index in [1.165, 1.54) is 0 Å². The van der Waals surface area contributed by atoms with Crippen molar-refractivity contribution in [3.05, 3.63) is 83.6 Å². The molecule has 4 nitrogen and oxygen atoms in total. The van der Waals surface area contributed by atoms with Gasteiger partial charge in [-0.15, -0.1) is 0 Å². The molecule has 0 spiro atoms. The first-order valence-corrected chi connectivity index (χ1v) is 8.95. The monoisotopic (exact) mass is 354 g/mol. The molecule has 1 fully saturated rings. The Labute approximate surface area is 155 Å². The first kappa shape index (κ1) is 18.6. The third-order valence-corrected chi connectivity index (χ3v) is 4.47. The first-order valence-electron chi connectivity index (χ1n) is 8.95. The molecular formula is C22H26O4. The van der Waals surface area contributed by atoms with E-state index in [-0.39, 0.29) is 18.5 Å². The summed E-state index contributed by atoms with van der Waals surface area (Å²) in [6.45, 7) is 3.07. The molecule has 1 aliphatic heterocycles. The number of methoxy groups -OCH3 is 1. The minimum atomic E-state index is -0.267. The summed E-state index contributed by atoms with van der Waals surface area (Å²) < 4.78 is 23.3. The average molecular weight is 354 g/mol. The van der Waals surface area contributed by atoms with E-state index >= 15 is 0 Å². The molecule has 2 aromatic carbocycles. The molecule has 0 amide bonds. The summed E-state index contributed by atoms with van der Waals surface area (Å²) in [6.07, 6.45) is 1.95. The minimum Gasteiger partial charge on any atom is -0.496 e. The van der Waals surface area contributed by atoms with E-state index in [9.17, 15) is 0 Å². The molecule has 0 aliphatic carbocycles. The molecule has 26 heavy (non-hydrogen) atoms. The van der Waals surface area contributed by atoms with E-state index in [1.54, 1.807) is 13.4 Å². The van der Waals surface area contributed by atoms with E-state index < -0.39 is 0 Å². The van der Waals surface area contributed by atoms with Gasteiger partial charge in [0.2, 0.25) is 0 Å². The Kier molecular flexibility index (Phi) is 6.83. The van der Waals surface area contributed by atoms with Crippen molar-refractivity contribution in [2.45, 2.75) is 45.1 Å². The van der Waals surface area contributed by atoms with Crippen LogP contribution in [0.25, 0.3) is 0 Å². The van der Waals surface area contributed by atoms with Crippen LogP contribution in [0.1, 0.15) is 24.5 Å². The summed E-state index contributed by atoms with van der Waals surface area (Å²) in [5.74, 6) is 0. The summed E-state index contributed by atoms with van der Waals surface area (Å²) in [4.78, 5) is 0. The maximum Gasteiger partial charge on any atom is 0.160 e. The molecule has 1 saturated heterocycles. The highest BCUT2D eigenvalue weighted by atomic mass is 16.7. The molecule has 1 heterocycles. The van der Waals surface area contributed by atoms with Crippen LogP contribution in [0.4, 0.5) is 0 Å². The Balaban J connectivity index is 1.65. The van der Waals surface area contributed by atoms with Crippen molar-refractivity contribution in [2.75, 3.05) is 7.11 Å². The van der Waals surface area contributed by atoms with Gasteiger partial charge in [0.1, 0.15) is 6.61 Å². The summed E-state index contributed by atoms with van der Waals surface area (Å²) in [5.41, 5.74) is 3.28. The molecular weight excluding hydrogens is 328 g/mol. The van der Waals surface area contributed by atoms with Crippen molar-refractivity contribution in [3.8, 4) is 0 Å². The van der Waals surface area contributed by atoms with Gasteiger partial charge in [-0.25, -0.2) is 0 Å². The lowest BCUT2D eigenvalue weighted by Crippen LogP contribution is -2.39. The average Bonchev–Trinajstić information content (AvgIpc) is 2.69. The Morgan fingerprint density at radius 1 is 0.962 bits per heavy atom. The summed E-state index contributed by atoms with van der Waals surface area (Å²) in [6, 6.07) is 20.3. The highest BCUT2D eigenvalue weighted by Gasteiger charge is 2.33. The standard InChI is InChI=1S/C22H26O4/c1-17-20(16-24-14-18-9-5-3-6-10-18)21(13-22(23-2)26-17)25-15-19-11-7-4-8-12-19/h3-12,16-17,21-22H,13-15H2,1-2H3/b20-16-/t17?,21-,22-/m1/s1. The van der Waals surface area contributed by atoms with E-state index in [0.29, 0.717) is 19.6 Å². The van der Waals surface area contributed by atoms with Gasteiger partial charge >= 0.3 is 0 Å². The SMILES string of the molecule is CO[C@H]1C[C@@H](OCc2ccccc2)/C(=C\OCc2ccccc2)C(C)O1. The Morgan fingerprint density at radius 3 is 2.19 bits per heavy atom. The smallest absolute Gasteiger partial charge is 0.160 e. The summed E-state index contributed by atoms with van der Waals surface area (Å²) in [7, 11) is 1.66. The molecule has 138 valence electrons. The molecule has 3 rings (SSSR count). The lowest BCUT2D eigenvalue weighted by Gasteiger charge is -2.35. The van der Waals surface area contributed by atoms with E-state index in [2.05, 4.69) is 12.1 Å². The zero-order valence-electron chi connectivity index (χ0n) is 15.3. The van der Waals surface area contributed by atoms with E-state index in [1.807, 2.05) is 55.5 Å². The number of rotatable bonds is 7. The quantitative estimate of drug-likeness (QED) is 0.688. The van der Waals surface area contributed by atoms with Gasteiger partial charge < -0.3 is 18.9 Å². The molecule has 0 N–H and O–H groups in total. The van der Waals surface area contributed by atoms with Crippen molar-refractivity contribution < 1.29 is 18.9 Å². The van der Waals surface area contributed by atoms with Crippen molar-refractivity contribution in [2.24, 2.45) is 0 Å². The Bertz CT molecular complexity index is 684. The molecule has 2 aromatic rings. The number of hydrogen-bond donors (Lipinski definition) is 0. The summed E-state index contributed by atoms with van der Waals surface area (Å²) in [5, 5.41) is 0. The molecule has 4 heteroatoms. The van der Waals surface area contributed by atoms with Crippen LogP contribution in [0.5, 0.6) is 0 Å². The lowest BCUT2D eigenvalue weighted by atomic mass is 9.99. The predicted octanol–water partition coefficient (Wildman–Crippen LogP) is 4.45. The van der Waals surface area contributed by atoms with Crippen LogP contribution in [0.2, 0.25) is 0 Å². The maximum atomic E-state index is 6.18. The van der Waals surface area contributed by atoms with E-state index in [4.69, 9.17) is 18.9 Å². The normalized spacial score (nSPS) is 24.5. The van der Waals surface area contributed by atoms with Gasteiger partial charge in [-0.05, 0) is 18.1 Å². The molecule has 3 atom stereocenters. The zero-order chi connectivity index (χ0) is 18.2. The largest absolute Gasteiger partial charge is 0.496 e. The van der Waals surface area contributed by atoms with Crippen LogP contribution in [-0.4, -0.2) is 25.6 Å². The van der Waals surface area contributed by atoms with Crippen LogP contribution >= 0.6 is 0 Å². The molecule has 0 aromatic heterocycles. The molecule has 0 saturated carbocycles. The van der Waals surface area contributed by atoms with Gasteiger partial charge in [0.25, 0.3) is 0 Å². The second-order valence-electron chi connectivity index (χ2n) is 6.38. The number of benzene rings is 2. The molecule has 0 bridgehead atoms. The van der Waals surface area contributed by atoms with Gasteiger partial charge in [-0.3, -0.25) is 0 Å². The molecule has 0 radical (unpaired) electrons. The maximum absolute atomic E-state index is 6.18. The molecule has 1 aliphatic rings.